The normalized spacial score (nSPS) is 11.2. The predicted molar refractivity (Wildman–Crippen MR) is 80.1 cm³/mol. The van der Waals surface area contributed by atoms with E-state index in [0.29, 0.717) is 18.0 Å². The van der Waals surface area contributed by atoms with Gasteiger partial charge in [-0.25, -0.2) is 13.1 Å². The molecule has 5 nitrogen and oxygen atoms in total. The molecule has 0 spiro atoms. The number of hydrogen-bond acceptors (Lipinski definition) is 5. The molecule has 0 amide bonds. The lowest BCUT2D eigenvalue weighted by molar-refractivity contribution is 0.402. The van der Waals surface area contributed by atoms with Gasteiger partial charge in [0.15, 0.2) is 0 Å². The van der Waals surface area contributed by atoms with E-state index < -0.39 is 10.0 Å². The number of methoxy groups -OCH3 is 1. The zero-order chi connectivity index (χ0) is 14.3. The molecule has 0 aromatic heterocycles. The van der Waals surface area contributed by atoms with E-state index in [1.54, 1.807) is 17.8 Å². The summed E-state index contributed by atoms with van der Waals surface area (Å²) in [4.78, 5) is 0.0953. The first-order valence-corrected chi connectivity index (χ1v) is 8.27. The van der Waals surface area contributed by atoms with Crippen molar-refractivity contribution in [2.24, 2.45) is 0 Å². The topological polar surface area (TPSA) is 81.4 Å². The van der Waals surface area contributed by atoms with E-state index in [4.69, 9.17) is 10.5 Å². The molecule has 0 bridgehead atoms. The largest absolute Gasteiger partial charge is 0.495 e. The second kappa shape index (κ2) is 7.42. The number of nitrogen functional groups attached to an aromatic ring is 1. The predicted octanol–water partition coefficient (Wildman–Crippen LogP) is 1.47. The molecule has 19 heavy (non-hydrogen) atoms. The SMILES string of the molecule is C=CCSCCNS(=O)(=O)c1ccc(N)cc1OC. The summed E-state index contributed by atoms with van der Waals surface area (Å²) in [6, 6.07) is 4.46. The van der Waals surface area contributed by atoms with Gasteiger partial charge >= 0.3 is 0 Å². The second-order valence-electron chi connectivity index (χ2n) is 3.67. The summed E-state index contributed by atoms with van der Waals surface area (Å²) in [5.41, 5.74) is 6.05. The highest BCUT2D eigenvalue weighted by atomic mass is 32.2. The maximum Gasteiger partial charge on any atom is 0.244 e. The van der Waals surface area contributed by atoms with Crippen LogP contribution in [0.3, 0.4) is 0 Å². The van der Waals surface area contributed by atoms with Crippen LogP contribution >= 0.6 is 11.8 Å². The third kappa shape index (κ3) is 4.77. The molecule has 0 aliphatic carbocycles. The van der Waals surface area contributed by atoms with Crippen molar-refractivity contribution in [1.82, 2.24) is 4.72 Å². The van der Waals surface area contributed by atoms with Crippen LogP contribution in [0.1, 0.15) is 0 Å². The summed E-state index contributed by atoms with van der Waals surface area (Å²) in [6.07, 6.45) is 1.78. The fraction of sp³-hybridized carbons (Fsp3) is 0.333. The summed E-state index contributed by atoms with van der Waals surface area (Å²) in [6.45, 7) is 3.95. The summed E-state index contributed by atoms with van der Waals surface area (Å²) in [7, 11) is -2.17. The molecule has 0 aliphatic heterocycles. The van der Waals surface area contributed by atoms with Gasteiger partial charge in [-0.15, -0.1) is 6.58 Å². The van der Waals surface area contributed by atoms with Gasteiger partial charge in [0.25, 0.3) is 0 Å². The number of benzene rings is 1. The molecule has 0 saturated carbocycles. The van der Waals surface area contributed by atoms with Crippen molar-refractivity contribution >= 4 is 27.5 Å². The van der Waals surface area contributed by atoms with E-state index in [9.17, 15) is 8.42 Å². The smallest absolute Gasteiger partial charge is 0.244 e. The van der Waals surface area contributed by atoms with Crippen molar-refractivity contribution < 1.29 is 13.2 Å². The highest BCUT2D eigenvalue weighted by molar-refractivity contribution is 7.99. The molecule has 0 radical (unpaired) electrons. The average Bonchev–Trinajstić information content (AvgIpc) is 2.38. The van der Waals surface area contributed by atoms with E-state index in [1.165, 1.54) is 25.3 Å². The summed E-state index contributed by atoms with van der Waals surface area (Å²) >= 11 is 1.61. The van der Waals surface area contributed by atoms with E-state index in [1.807, 2.05) is 0 Å². The molecule has 0 atom stereocenters. The maximum atomic E-state index is 12.1. The Labute approximate surface area is 118 Å². The van der Waals surface area contributed by atoms with Crippen molar-refractivity contribution in [3.63, 3.8) is 0 Å². The minimum atomic E-state index is -3.58. The van der Waals surface area contributed by atoms with Gasteiger partial charge in [0, 0.05) is 29.8 Å². The zero-order valence-electron chi connectivity index (χ0n) is 10.8. The van der Waals surface area contributed by atoms with Gasteiger partial charge in [-0.3, -0.25) is 0 Å². The zero-order valence-corrected chi connectivity index (χ0v) is 12.4. The fourth-order valence-corrected chi connectivity index (χ4v) is 3.29. The van der Waals surface area contributed by atoms with Crippen LogP contribution in [0, 0.1) is 0 Å². The van der Waals surface area contributed by atoms with Crippen molar-refractivity contribution in [2.45, 2.75) is 4.90 Å². The molecule has 0 unspecified atom stereocenters. The molecule has 0 heterocycles. The van der Waals surface area contributed by atoms with Gasteiger partial charge in [0.05, 0.1) is 7.11 Å². The van der Waals surface area contributed by atoms with E-state index in [-0.39, 0.29) is 10.6 Å². The molecule has 0 fully saturated rings. The Kier molecular flexibility index (Phi) is 6.20. The van der Waals surface area contributed by atoms with Crippen LogP contribution in [-0.2, 0) is 10.0 Å². The van der Waals surface area contributed by atoms with Gasteiger partial charge in [-0.1, -0.05) is 6.08 Å². The number of rotatable bonds is 8. The van der Waals surface area contributed by atoms with E-state index >= 15 is 0 Å². The van der Waals surface area contributed by atoms with Crippen molar-refractivity contribution in [2.75, 3.05) is 30.9 Å². The Morgan fingerprint density at radius 2 is 2.26 bits per heavy atom. The highest BCUT2D eigenvalue weighted by Gasteiger charge is 2.18. The number of anilines is 1. The number of thioether (sulfide) groups is 1. The van der Waals surface area contributed by atoms with Crippen molar-refractivity contribution in [3.8, 4) is 5.75 Å². The van der Waals surface area contributed by atoms with Crippen LogP contribution < -0.4 is 15.2 Å². The first-order valence-electron chi connectivity index (χ1n) is 5.63. The molecule has 0 aliphatic rings. The second-order valence-corrected chi connectivity index (χ2v) is 6.56. The Bertz CT molecular complexity index is 530. The molecule has 106 valence electrons. The number of sulfonamides is 1. The third-order valence-electron chi connectivity index (χ3n) is 2.25. The molecule has 1 aromatic rings. The average molecular weight is 302 g/mol. The van der Waals surface area contributed by atoms with Gasteiger partial charge in [0.2, 0.25) is 10.0 Å². The summed E-state index contributed by atoms with van der Waals surface area (Å²) in [5.74, 6) is 1.72. The standard InChI is InChI=1S/C12H18N2O3S2/c1-3-7-18-8-6-14-19(15,16)12-5-4-10(13)9-11(12)17-2/h3-5,9,14H,1,6-8,13H2,2H3. The van der Waals surface area contributed by atoms with Crippen LogP contribution in [0.2, 0.25) is 0 Å². The third-order valence-corrected chi connectivity index (χ3v) is 4.72. The van der Waals surface area contributed by atoms with Gasteiger partial charge in [-0.05, 0) is 12.1 Å². The fourth-order valence-electron chi connectivity index (χ4n) is 1.40. The van der Waals surface area contributed by atoms with Crippen molar-refractivity contribution in [3.05, 3.63) is 30.9 Å². The van der Waals surface area contributed by atoms with Gasteiger partial charge in [-0.2, -0.15) is 11.8 Å². The molecule has 3 N–H and O–H groups in total. The number of nitrogens with two attached hydrogens (primary N) is 1. The Morgan fingerprint density at radius 3 is 2.89 bits per heavy atom. The lowest BCUT2D eigenvalue weighted by Crippen LogP contribution is -2.26. The number of hydrogen-bond donors (Lipinski definition) is 2. The highest BCUT2D eigenvalue weighted by Crippen LogP contribution is 2.25. The monoisotopic (exact) mass is 302 g/mol. The van der Waals surface area contributed by atoms with Gasteiger partial charge in [0.1, 0.15) is 10.6 Å². The van der Waals surface area contributed by atoms with E-state index in [2.05, 4.69) is 11.3 Å². The van der Waals surface area contributed by atoms with Crippen LogP contribution in [0.5, 0.6) is 5.75 Å². The lowest BCUT2D eigenvalue weighted by atomic mass is 10.3. The minimum Gasteiger partial charge on any atom is -0.495 e. The molecule has 1 aromatic carbocycles. The van der Waals surface area contributed by atoms with Crippen LogP contribution in [0.4, 0.5) is 5.69 Å². The first kappa shape index (κ1) is 15.9. The minimum absolute atomic E-state index is 0.0953. The summed E-state index contributed by atoms with van der Waals surface area (Å²) in [5, 5.41) is 0. The Hall–Kier alpha value is -1.18. The molecular weight excluding hydrogens is 284 g/mol. The number of nitrogens with one attached hydrogen (secondary N) is 1. The van der Waals surface area contributed by atoms with E-state index in [0.717, 1.165) is 5.75 Å². The number of ether oxygens (including phenoxy) is 1. The molecule has 7 heteroatoms. The van der Waals surface area contributed by atoms with Crippen LogP contribution in [0.15, 0.2) is 35.7 Å². The van der Waals surface area contributed by atoms with Crippen LogP contribution in [-0.4, -0.2) is 33.6 Å². The Balaban J connectivity index is 2.74. The van der Waals surface area contributed by atoms with Gasteiger partial charge < -0.3 is 10.5 Å². The molecule has 0 saturated heterocycles. The van der Waals surface area contributed by atoms with Crippen LogP contribution in [0.25, 0.3) is 0 Å². The maximum absolute atomic E-state index is 12.1. The quantitative estimate of drug-likeness (QED) is 0.432. The molecule has 1 rings (SSSR count). The van der Waals surface area contributed by atoms with Crippen molar-refractivity contribution in [1.29, 1.82) is 0 Å². The lowest BCUT2D eigenvalue weighted by Gasteiger charge is -2.11. The summed E-state index contributed by atoms with van der Waals surface area (Å²) < 4.78 is 31.8. The molecular formula is C12H18N2O3S2. The first-order chi connectivity index (χ1) is 9.01. The Morgan fingerprint density at radius 1 is 1.53 bits per heavy atom.